The summed E-state index contributed by atoms with van der Waals surface area (Å²) in [6.45, 7) is 3.85. The molecule has 2 amide bonds. The van der Waals surface area contributed by atoms with Crippen molar-refractivity contribution in [3.8, 4) is 0 Å². The molecule has 0 bridgehead atoms. The Bertz CT molecular complexity index is 414. The van der Waals surface area contributed by atoms with E-state index in [9.17, 15) is 9.59 Å². The lowest BCUT2D eigenvalue weighted by Gasteiger charge is -2.28. The van der Waals surface area contributed by atoms with E-state index >= 15 is 0 Å². The number of carbonyl (C=O) groups excluding carboxylic acids is 2. The molecule has 0 radical (unpaired) electrons. The van der Waals surface area contributed by atoms with Crippen LogP contribution >= 0.6 is 0 Å². The molecule has 0 aliphatic rings. The van der Waals surface area contributed by atoms with Crippen molar-refractivity contribution in [3.63, 3.8) is 0 Å². The number of furan rings is 1. The van der Waals surface area contributed by atoms with Gasteiger partial charge in [0.25, 0.3) is 5.91 Å². The largest absolute Gasteiger partial charge is 0.459 e. The zero-order chi connectivity index (χ0) is 14.4. The Kier molecular flexibility index (Phi) is 5.57. The van der Waals surface area contributed by atoms with Gasteiger partial charge in [0.05, 0.1) is 19.4 Å². The Morgan fingerprint density at radius 3 is 2.58 bits per heavy atom. The maximum absolute atomic E-state index is 12.0. The first-order valence-corrected chi connectivity index (χ1v) is 6.16. The summed E-state index contributed by atoms with van der Waals surface area (Å²) in [5, 5.41) is 8.94. The molecule has 1 N–H and O–H groups in total. The minimum atomic E-state index is -0.342. The minimum absolute atomic E-state index is 0.0215. The van der Waals surface area contributed by atoms with E-state index in [-0.39, 0.29) is 43.3 Å². The van der Waals surface area contributed by atoms with E-state index in [4.69, 9.17) is 9.52 Å². The zero-order valence-corrected chi connectivity index (χ0v) is 11.5. The third kappa shape index (κ3) is 4.10. The Morgan fingerprint density at radius 1 is 1.42 bits per heavy atom. The number of aliphatic hydroxyl groups is 1. The van der Waals surface area contributed by atoms with Crippen molar-refractivity contribution in [2.24, 2.45) is 0 Å². The molecular weight excluding hydrogens is 248 g/mol. The summed E-state index contributed by atoms with van der Waals surface area (Å²) in [4.78, 5) is 26.8. The topological polar surface area (TPSA) is 74.0 Å². The molecule has 6 nitrogen and oxygen atoms in total. The summed E-state index contributed by atoms with van der Waals surface area (Å²) in [6, 6.07) is 3.15. The first-order chi connectivity index (χ1) is 8.97. The Morgan fingerprint density at radius 2 is 2.11 bits per heavy atom. The molecule has 0 spiro atoms. The van der Waals surface area contributed by atoms with Crippen LogP contribution in [0, 0.1) is 0 Å². The van der Waals surface area contributed by atoms with Gasteiger partial charge in [-0.3, -0.25) is 9.59 Å². The van der Waals surface area contributed by atoms with Gasteiger partial charge in [0.15, 0.2) is 5.76 Å². The molecule has 0 saturated carbocycles. The molecule has 1 heterocycles. The van der Waals surface area contributed by atoms with Crippen LogP contribution in [0.1, 0.15) is 24.4 Å². The van der Waals surface area contributed by atoms with E-state index in [0.717, 1.165) is 0 Å². The Balaban J connectivity index is 2.62. The smallest absolute Gasteiger partial charge is 0.289 e. The average molecular weight is 268 g/mol. The van der Waals surface area contributed by atoms with Gasteiger partial charge in [0.2, 0.25) is 5.91 Å². The molecule has 1 aromatic heterocycles. The number of hydrogen-bond donors (Lipinski definition) is 1. The molecule has 1 rings (SSSR count). The number of rotatable bonds is 6. The fraction of sp³-hybridized carbons (Fsp3) is 0.538. The SMILES string of the molecule is CC(C)N(CCO)C(=O)CN(C)C(=O)c1ccco1. The molecule has 0 aliphatic carbocycles. The van der Waals surface area contributed by atoms with E-state index in [1.54, 1.807) is 19.2 Å². The summed E-state index contributed by atoms with van der Waals surface area (Å²) in [5.41, 5.74) is 0. The minimum Gasteiger partial charge on any atom is -0.459 e. The first kappa shape index (κ1) is 15.2. The van der Waals surface area contributed by atoms with Gasteiger partial charge in [-0.25, -0.2) is 0 Å². The van der Waals surface area contributed by atoms with E-state index < -0.39 is 0 Å². The van der Waals surface area contributed by atoms with Crippen LogP contribution in [0.25, 0.3) is 0 Å². The van der Waals surface area contributed by atoms with Gasteiger partial charge in [-0.2, -0.15) is 0 Å². The number of nitrogens with zero attached hydrogens (tertiary/aromatic N) is 2. The summed E-state index contributed by atoms with van der Waals surface area (Å²) in [5.74, 6) is -0.342. The molecule has 0 aromatic carbocycles. The number of likely N-dealkylation sites (N-methyl/N-ethyl adjacent to an activating group) is 1. The normalized spacial score (nSPS) is 10.6. The van der Waals surface area contributed by atoms with Gasteiger partial charge in [-0.05, 0) is 26.0 Å². The number of aliphatic hydroxyl groups excluding tert-OH is 1. The van der Waals surface area contributed by atoms with Crippen LogP contribution in [-0.4, -0.2) is 59.5 Å². The highest BCUT2D eigenvalue weighted by Crippen LogP contribution is 2.06. The van der Waals surface area contributed by atoms with E-state index in [2.05, 4.69) is 0 Å². The van der Waals surface area contributed by atoms with Gasteiger partial charge < -0.3 is 19.3 Å². The lowest BCUT2D eigenvalue weighted by atomic mass is 10.3. The molecule has 19 heavy (non-hydrogen) atoms. The lowest BCUT2D eigenvalue weighted by Crippen LogP contribution is -2.45. The highest BCUT2D eigenvalue weighted by atomic mass is 16.3. The molecule has 0 saturated heterocycles. The molecule has 0 aliphatic heterocycles. The number of hydrogen-bond acceptors (Lipinski definition) is 4. The zero-order valence-electron chi connectivity index (χ0n) is 11.5. The molecule has 106 valence electrons. The fourth-order valence-electron chi connectivity index (χ4n) is 1.73. The predicted molar refractivity (Wildman–Crippen MR) is 69.6 cm³/mol. The van der Waals surface area contributed by atoms with Gasteiger partial charge >= 0.3 is 0 Å². The number of carbonyl (C=O) groups is 2. The Labute approximate surface area is 112 Å². The van der Waals surface area contributed by atoms with Crippen molar-refractivity contribution in [1.29, 1.82) is 0 Å². The molecule has 0 fully saturated rings. The van der Waals surface area contributed by atoms with Gasteiger partial charge in [0.1, 0.15) is 0 Å². The van der Waals surface area contributed by atoms with E-state index in [1.165, 1.54) is 16.1 Å². The van der Waals surface area contributed by atoms with Crippen molar-refractivity contribution in [2.75, 3.05) is 26.7 Å². The number of amides is 2. The molecule has 0 atom stereocenters. The highest BCUT2D eigenvalue weighted by Gasteiger charge is 2.22. The van der Waals surface area contributed by atoms with Crippen LogP contribution in [0.15, 0.2) is 22.8 Å². The fourth-order valence-corrected chi connectivity index (χ4v) is 1.73. The van der Waals surface area contributed by atoms with Gasteiger partial charge in [0, 0.05) is 19.6 Å². The Hall–Kier alpha value is -1.82. The van der Waals surface area contributed by atoms with Crippen LogP contribution in [0.4, 0.5) is 0 Å². The van der Waals surface area contributed by atoms with Crippen LogP contribution in [0.2, 0.25) is 0 Å². The predicted octanol–water partition coefficient (Wildman–Crippen LogP) is 0.581. The van der Waals surface area contributed by atoms with Crippen LogP contribution < -0.4 is 0 Å². The van der Waals surface area contributed by atoms with E-state index in [1.807, 2.05) is 13.8 Å². The summed E-state index contributed by atoms with van der Waals surface area (Å²) in [7, 11) is 1.54. The van der Waals surface area contributed by atoms with E-state index in [0.29, 0.717) is 0 Å². The van der Waals surface area contributed by atoms with Crippen LogP contribution in [-0.2, 0) is 4.79 Å². The van der Waals surface area contributed by atoms with Crippen molar-refractivity contribution >= 4 is 11.8 Å². The first-order valence-electron chi connectivity index (χ1n) is 6.16. The third-order valence-corrected chi connectivity index (χ3v) is 2.74. The monoisotopic (exact) mass is 268 g/mol. The molecule has 0 unspecified atom stereocenters. The van der Waals surface area contributed by atoms with Gasteiger partial charge in [-0.1, -0.05) is 0 Å². The summed E-state index contributed by atoms with van der Waals surface area (Å²) >= 11 is 0. The quantitative estimate of drug-likeness (QED) is 0.819. The summed E-state index contributed by atoms with van der Waals surface area (Å²) in [6.07, 6.45) is 1.41. The van der Waals surface area contributed by atoms with Crippen molar-refractivity contribution in [2.45, 2.75) is 19.9 Å². The lowest BCUT2D eigenvalue weighted by molar-refractivity contribution is -0.133. The van der Waals surface area contributed by atoms with Crippen LogP contribution in [0.5, 0.6) is 0 Å². The van der Waals surface area contributed by atoms with Gasteiger partial charge in [-0.15, -0.1) is 0 Å². The average Bonchev–Trinajstić information content (AvgIpc) is 2.87. The summed E-state index contributed by atoms with van der Waals surface area (Å²) < 4.78 is 5.00. The van der Waals surface area contributed by atoms with Crippen molar-refractivity contribution in [3.05, 3.63) is 24.2 Å². The molecular formula is C13H20N2O4. The standard InChI is InChI=1S/C13H20N2O4/c1-10(2)15(6-7-16)12(17)9-14(3)13(18)11-5-4-8-19-11/h4-5,8,10,16H,6-7,9H2,1-3H3. The second-order valence-corrected chi connectivity index (χ2v) is 4.54. The van der Waals surface area contributed by atoms with Crippen molar-refractivity contribution < 1.29 is 19.1 Å². The van der Waals surface area contributed by atoms with Crippen LogP contribution in [0.3, 0.4) is 0 Å². The molecule has 6 heteroatoms. The maximum atomic E-state index is 12.0. The second kappa shape index (κ2) is 6.94. The van der Waals surface area contributed by atoms with Crippen molar-refractivity contribution in [1.82, 2.24) is 9.80 Å². The highest BCUT2D eigenvalue weighted by molar-refractivity contribution is 5.94. The molecule has 1 aromatic rings. The second-order valence-electron chi connectivity index (χ2n) is 4.54. The third-order valence-electron chi connectivity index (χ3n) is 2.74. The maximum Gasteiger partial charge on any atom is 0.289 e.